The van der Waals surface area contributed by atoms with Crippen LogP contribution in [0.3, 0.4) is 0 Å². The van der Waals surface area contributed by atoms with E-state index in [4.69, 9.17) is 143 Å². The molecule has 0 spiro atoms. The molecule has 0 saturated heterocycles. The molecule has 688 valence electrons. The van der Waals surface area contributed by atoms with Gasteiger partial charge in [0.1, 0.15) is 51.0 Å². The van der Waals surface area contributed by atoms with Crippen molar-refractivity contribution in [2.75, 3.05) is 293 Å². The molecular weight excluding hydrogens is 1700 g/mol. The number of methoxy groups -OCH3 is 7. The van der Waals surface area contributed by atoms with Crippen LogP contribution in [-0.2, 0) is 109 Å². The Hall–Kier alpha value is -9.19. The molecule has 2 aliphatic rings. The fraction of sp³-hybridized carbons (Fsp3) is 0.500. The van der Waals surface area contributed by atoms with Crippen LogP contribution in [0.1, 0.15) is 54.7 Å². The van der Waals surface area contributed by atoms with E-state index in [2.05, 4.69) is 17.2 Å². The van der Waals surface area contributed by atoms with E-state index in [-0.39, 0.29) is 98.8 Å². The van der Waals surface area contributed by atoms with Gasteiger partial charge in [-0.1, -0.05) is 48.2 Å². The van der Waals surface area contributed by atoms with E-state index in [1.807, 2.05) is 109 Å². The molecule has 0 atom stereocenters. The van der Waals surface area contributed by atoms with Gasteiger partial charge in [-0.3, -0.25) is 5.32 Å². The van der Waals surface area contributed by atoms with Crippen molar-refractivity contribution in [1.82, 2.24) is 19.9 Å². The first-order chi connectivity index (χ1) is 61.8. The molecule has 0 radical (unpaired) electrons. The number of hydrogen-bond donors (Lipinski definition) is 1. The molecule has 33 heteroatoms. The predicted molar refractivity (Wildman–Crippen MR) is 476 cm³/mol. The molecule has 9 rings (SSSR count). The third-order valence-corrected chi connectivity index (χ3v) is 18.2. The zero-order valence-electron chi connectivity index (χ0n) is 75.0. The Balaban J connectivity index is 0.0000200. The molecule has 32 nitrogen and oxygen atoms in total. The monoisotopic (exact) mass is 1820 g/mol. The maximum atomic E-state index is 13.4. The summed E-state index contributed by atoms with van der Waals surface area (Å²) in [5.41, 5.74) is 8.37. The van der Waals surface area contributed by atoms with Gasteiger partial charge in [0.25, 0.3) is 0 Å². The van der Waals surface area contributed by atoms with E-state index in [1.165, 1.54) is 0 Å². The number of ether oxygens (including phenoxy) is 26. The fourth-order valence-corrected chi connectivity index (χ4v) is 12.2. The molecule has 4 aromatic carbocycles. The Labute approximate surface area is 757 Å². The number of nitrogens with one attached hydrogen (secondary N) is 1. The first kappa shape index (κ1) is 103. The zero-order chi connectivity index (χ0) is 88.9. The smallest absolute Gasteiger partial charge is 0.657 e. The molecule has 8 bridgehead atoms. The number of carbonyl (C=O) groups is 1. The molecule has 3 aromatic heterocycles. The summed E-state index contributed by atoms with van der Waals surface area (Å²) in [7, 11) is 11.3. The molecule has 127 heavy (non-hydrogen) atoms. The Kier molecular flexibility index (Phi) is 49.2. The van der Waals surface area contributed by atoms with Gasteiger partial charge in [0.15, 0.2) is 23.0 Å². The van der Waals surface area contributed by atoms with Gasteiger partial charge in [0.2, 0.25) is 11.5 Å². The molecule has 5 heterocycles. The van der Waals surface area contributed by atoms with Crippen molar-refractivity contribution in [3.05, 3.63) is 131 Å². The van der Waals surface area contributed by atoms with Crippen molar-refractivity contribution in [2.24, 2.45) is 0 Å². The van der Waals surface area contributed by atoms with Crippen molar-refractivity contribution in [2.45, 2.75) is 26.4 Å². The van der Waals surface area contributed by atoms with Crippen LogP contribution in [0.2, 0.25) is 0 Å². The minimum Gasteiger partial charge on any atom is -0.657 e. The Morgan fingerprint density at radius 3 is 0.929 bits per heavy atom. The van der Waals surface area contributed by atoms with Gasteiger partial charge in [0.05, 0.1) is 228 Å². The third-order valence-electron chi connectivity index (χ3n) is 18.2. The van der Waals surface area contributed by atoms with Crippen LogP contribution in [0.15, 0.2) is 97.1 Å². The Morgan fingerprint density at radius 1 is 0.323 bits per heavy atom. The van der Waals surface area contributed by atoms with E-state index >= 15 is 0 Å². The quantitative estimate of drug-likeness (QED) is 0.0210. The molecule has 0 fully saturated rings. The predicted octanol–water partition coefficient (Wildman–Crippen LogP) is 12.0. The number of rotatable bonds is 65. The number of anilines is 1. The summed E-state index contributed by atoms with van der Waals surface area (Å²) in [6, 6.07) is 30.1. The molecular formula is C94H123N5O27Zn. The van der Waals surface area contributed by atoms with Gasteiger partial charge in [0, 0.05) is 59.5 Å². The van der Waals surface area contributed by atoms with E-state index in [0.29, 0.717) is 294 Å². The van der Waals surface area contributed by atoms with Crippen molar-refractivity contribution >= 4 is 58.2 Å². The molecule has 0 aliphatic carbocycles. The molecule has 2 aliphatic heterocycles. The van der Waals surface area contributed by atoms with E-state index in [9.17, 15) is 4.79 Å². The van der Waals surface area contributed by atoms with Crippen LogP contribution in [0.25, 0.3) is 79.8 Å². The molecule has 1 amide bonds. The number of amides is 1. The molecule has 7 aromatic rings. The van der Waals surface area contributed by atoms with Crippen LogP contribution in [-0.4, -0.2) is 309 Å². The van der Waals surface area contributed by atoms with Crippen LogP contribution < -0.4 is 48.4 Å². The second kappa shape index (κ2) is 60.6. The summed E-state index contributed by atoms with van der Waals surface area (Å²) in [5.74, 6) is 9.43. The minimum atomic E-state index is -0.763. The van der Waals surface area contributed by atoms with Crippen LogP contribution in [0, 0.1) is 11.8 Å². The minimum absolute atomic E-state index is 0. The third kappa shape index (κ3) is 36.7. The number of aromatic nitrogens is 4. The standard InChI is InChI=1S/C94H124N5O27.Zn/c1-94(2,3)126-93(100)95-73-16-14-70(15-17-73)88-78-25-27-82(98-78)89(71-65-84(120-59-53-114-47-41-108-35-29-101-4)91(124-63-57-118-51-45-112-39-33-105-8)85(66-71)121-60-54-115-48-42-109-36-30-102-5)80-23-21-76(96-80)75(20-13-69-11-18-74(107-10)19-12-69)77-22-24-81(97-77)90(83-28-26-79(88)99-83)72-67-86(122-61-55-116-49-43-110-37-31-103-6)92(125-64-58-119-52-46-113-40-34-106-9)87(68-72)123-62-56-117-50-44-111-38-32-104-7;/h11-12,14-19,21-28,65-68H,29-64H2,1-10H3,(H2-,95,96,97,98,99,100);/q-1;+2/p-1. The van der Waals surface area contributed by atoms with Crippen LogP contribution in [0.5, 0.6) is 40.2 Å². The molecule has 0 unspecified atom stereocenters. The summed E-state index contributed by atoms with van der Waals surface area (Å²) in [6.45, 7) is 16.3. The van der Waals surface area contributed by atoms with Gasteiger partial charge in [-0.2, -0.15) is 0 Å². The van der Waals surface area contributed by atoms with Crippen molar-refractivity contribution in [3.8, 4) is 85.5 Å². The summed E-state index contributed by atoms with van der Waals surface area (Å²) >= 11 is 0. The average Bonchev–Trinajstić information content (AvgIpc) is 1.63. The normalized spacial score (nSPS) is 11.7. The van der Waals surface area contributed by atoms with Gasteiger partial charge >= 0.3 is 25.6 Å². The summed E-state index contributed by atoms with van der Waals surface area (Å²) < 4.78 is 153. The summed E-state index contributed by atoms with van der Waals surface area (Å²) in [4.78, 5) is 35.8. The van der Waals surface area contributed by atoms with E-state index in [1.54, 1.807) is 82.7 Å². The van der Waals surface area contributed by atoms with Gasteiger partial charge in [-0.25, -0.2) is 14.8 Å². The SMILES string of the molecule is COCCOCCOCCOc1cc(-c2c3nc(c(-c4ccc(NC(=O)OC(C)(C)C)cc4)c4ccc([n-]4)c(-c4cc(OCCOCCOCCOC)c(OCCOCCOCCOC)c(OCCOCCOCCOC)c4)c4nc(c(C#Cc5ccc(OC)cc5)c5ccc2[n-]5)C=C4)C=C3)cc(OCCOCCOCCOC)c1OCCOCCOCCOC.[Zn+2]. The van der Waals surface area contributed by atoms with Crippen LogP contribution in [0.4, 0.5) is 10.5 Å². The number of nitrogens with zero attached hydrogens (tertiary/aromatic N) is 4. The maximum Gasteiger partial charge on any atom is 2.00 e. The van der Waals surface area contributed by atoms with Crippen molar-refractivity contribution < 1.29 is 147 Å². The number of fused-ring (bicyclic) bond motifs is 8. The largest absolute Gasteiger partial charge is 2.00 e. The Morgan fingerprint density at radius 2 is 0.606 bits per heavy atom. The topological polar surface area (TPSA) is 323 Å². The van der Waals surface area contributed by atoms with E-state index in [0.717, 1.165) is 0 Å². The summed E-state index contributed by atoms with van der Waals surface area (Å²) in [6.07, 6.45) is 7.09. The van der Waals surface area contributed by atoms with Gasteiger partial charge in [-0.15, -0.1) is 22.1 Å². The van der Waals surface area contributed by atoms with Crippen molar-refractivity contribution in [3.63, 3.8) is 0 Å². The van der Waals surface area contributed by atoms with Gasteiger partial charge in [-0.05, 0) is 139 Å². The van der Waals surface area contributed by atoms with Gasteiger partial charge < -0.3 is 133 Å². The average molecular weight is 1820 g/mol. The molecule has 1 N–H and O–H groups in total. The second-order valence-corrected chi connectivity index (χ2v) is 28.5. The first-order valence-corrected chi connectivity index (χ1v) is 42.2. The summed E-state index contributed by atoms with van der Waals surface area (Å²) in [5, 5.41) is 2.89. The second-order valence-electron chi connectivity index (χ2n) is 28.5. The number of benzene rings is 4. The number of carbonyl (C=O) groups excluding carboxylic acids is 1. The zero-order valence-corrected chi connectivity index (χ0v) is 78.0. The number of hydrogen-bond acceptors (Lipinski definition) is 29. The van der Waals surface area contributed by atoms with E-state index < -0.39 is 11.7 Å². The van der Waals surface area contributed by atoms with Crippen LogP contribution >= 0.6 is 0 Å². The maximum absolute atomic E-state index is 13.4. The molecule has 0 saturated carbocycles. The first-order valence-electron chi connectivity index (χ1n) is 42.2. The fourth-order valence-electron chi connectivity index (χ4n) is 12.2. The Bertz CT molecular complexity index is 4420. The van der Waals surface area contributed by atoms with Crippen molar-refractivity contribution in [1.29, 1.82) is 0 Å².